The lowest BCUT2D eigenvalue weighted by Gasteiger charge is -2.42. The summed E-state index contributed by atoms with van der Waals surface area (Å²) >= 11 is 0. The third-order valence-corrected chi connectivity index (χ3v) is 5.23. The molecule has 1 fully saturated rings. The fourth-order valence-electron chi connectivity index (χ4n) is 3.63. The van der Waals surface area contributed by atoms with Crippen molar-refractivity contribution in [3.63, 3.8) is 0 Å². The van der Waals surface area contributed by atoms with E-state index in [0.29, 0.717) is 35.9 Å². The molecular weight excluding hydrogens is 380 g/mol. The highest BCUT2D eigenvalue weighted by atomic mass is 16.5. The van der Waals surface area contributed by atoms with Crippen molar-refractivity contribution in [1.82, 2.24) is 19.8 Å². The van der Waals surface area contributed by atoms with E-state index in [0.717, 1.165) is 30.9 Å². The Kier molecular flexibility index (Phi) is 7.23. The van der Waals surface area contributed by atoms with Gasteiger partial charge in [-0.25, -0.2) is 9.78 Å². The number of carbonyl (C=O) groups excluding carboxylic acids is 1. The molecule has 8 heteroatoms. The van der Waals surface area contributed by atoms with Crippen molar-refractivity contribution in [2.24, 2.45) is 0 Å². The van der Waals surface area contributed by atoms with Gasteiger partial charge in [-0.15, -0.1) is 0 Å². The Morgan fingerprint density at radius 1 is 1.20 bits per heavy atom. The molecule has 0 radical (unpaired) electrons. The standard InChI is InChI=1S/C22H32N6O2/c1-15(2)28-9-8-27(5)13-18(28)14-30-20-7-6-16(3)10-19(20)25-22(29)26-21-12-23-17(4)11-24-21/h6-7,10-12,15,18H,8-9,13-14H2,1-5H3,(H2,24,25,26,29). The second-order valence-electron chi connectivity index (χ2n) is 8.18. The number of nitrogens with zero attached hydrogens (tertiary/aromatic N) is 4. The number of carbonyl (C=O) groups is 1. The molecule has 2 N–H and O–H groups in total. The van der Waals surface area contributed by atoms with E-state index in [2.05, 4.69) is 51.3 Å². The van der Waals surface area contributed by atoms with Crippen molar-refractivity contribution in [2.45, 2.75) is 39.8 Å². The second-order valence-corrected chi connectivity index (χ2v) is 8.18. The predicted octanol–water partition coefficient (Wildman–Crippen LogP) is 3.14. The summed E-state index contributed by atoms with van der Waals surface area (Å²) in [5, 5.41) is 5.58. The van der Waals surface area contributed by atoms with E-state index in [9.17, 15) is 4.79 Å². The molecule has 1 aliphatic heterocycles. The average Bonchev–Trinajstić information content (AvgIpc) is 2.69. The highest BCUT2D eigenvalue weighted by molar-refractivity contribution is 6.00. The Hall–Kier alpha value is -2.71. The number of hydrogen-bond acceptors (Lipinski definition) is 6. The number of aromatic nitrogens is 2. The molecule has 30 heavy (non-hydrogen) atoms. The van der Waals surface area contributed by atoms with Crippen LogP contribution in [0.25, 0.3) is 0 Å². The van der Waals surface area contributed by atoms with Crippen LogP contribution in [0.4, 0.5) is 16.3 Å². The molecule has 162 valence electrons. The smallest absolute Gasteiger partial charge is 0.324 e. The molecule has 1 aliphatic rings. The van der Waals surface area contributed by atoms with Crippen molar-refractivity contribution in [3.8, 4) is 5.75 Å². The molecule has 1 atom stereocenters. The van der Waals surface area contributed by atoms with E-state index >= 15 is 0 Å². The van der Waals surface area contributed by atoms with Gasteiger partial charge in [-0.1, -0.05) is 6.07 Å². The number of ether oxygens (including phenoxy) is 1. The first kappa shape index (κ1) is 22.0. The number of nitrogens with one attached hydrogen (secondary N) is 2. The number of likely N-dealkylation sites (N-methyl/N-ethyl adjacent to an activating group) is 1. The van der Waals surface area contributed by atoms with Gasteiger partial charge in [0, 0.05) is 25.7 Å². The minimum Gasteiger partial charge on any atom is -0.490 e. The summed E-state index contributed by atoms with van der Waals surface area (Å²) in [7, 11) is 2.14. The molecule has 2 heterocycles. The maximum Gasteiger partial charge on any atom is 0.324 e. The molecule has 1 saturated heterocycles. The molecule has 2 aromatic rings. The summed E-state index contributed by atoms with van der Waals surface area (Å²) in [6.45, 7) is 11.9. The van der Waals surface area contributed by atoms with Crippen molar-refractivity contribution >= 4 is 17.5 Å². The molecule has 1 unspecified atom stereocenters. The van der Waals surface area contributed by atoms with Gasteiger partial charge in [0.05, 0.1) is 29.8 Å². The monoisotopic (exact) mass is 412 g/mol. The van der Waals surface area contributed by atoms with E-state index in [1.54, 1.807) is 6.20 Å². The van der Waals surface area contributed by atoms with E-state index < -0.39 is 0 Å². The maximum absolute atomic E-state index is 12.5. The van der Waals surface area contributed by atoms with Crippen molar-refractivity contribution in [2.75, 3.05) is 43.9 Å². The van der Waals surface area contributed by atoms with Crippen LogP contribution in [0.1, 0.15) is 25.1 Å². The Balaban J connectivity index is 1.67. The Morgan fingerprint density at radius 3 is 2.70 bits per heavy atom. The fourth-order valence-corrected chi connectivity index (χ4v) is 3.63. The second kappa shape index (κ2) is 9.86. The van der Waals surface area contributed by atoms with Crippen LogP contribution in [0, 0.1) is 13.8 Å². The molecule has 0 spiro atoms. The van der Waals surface area contributed by atoms with Gasteiger partial charge in [0.15, 0.2) is 5.82 Å². The van der Waals surface area contributed by atoms with Crippen LogP contribution < -0.4 is 15.4 Å². The minimum absolute atomic E-state index is 0.301. The quantitative estimate of drug-likeness (QED) is 0.759. The first-order valence-corrected chi connectivity index (χ1v) is 10.4. The zero-order valence-electron chi connectivity index (χ0n) is 18.5. The average molecular weight is 413 g/mol. The highest BCUT2D eigenvalue weighted by Crippen LogP contribution is 2.27. The molecule has 8 nitrogen and oxygen atoms in total. The molecular formula is C22H32N6O2. The number of hydrogen-bond donors (Lipinski definition) is 2. The summed E-state index contributed by atoms with van der Waals surface area (Å²) in [5.41, 5.74) is 2.46. The largest absolute Gasteiger partial charge is 0.490 e. The lowest BCUT2D eigenvalue weighted by atomic mass is 10.1. The maximum atomic E-state index is 12.5. The molecule has 1 aromatic carbocycles. The topological polar surface area (TPSA) is 82.6 Å². The summed E-state index contributed by atoms with van der Waals surface area (Å²) < 4.78 is 6.19. The number of urea groups is 1. The van der Waals surface area contributed by atoms with Crippen LogP contribution in [0.3, 0.4) is 0 Å². The van der Waals surface area contributed by atoms with Gasteiger partial charge < -0.3 is 15.0 Å². The zero-order valence-corrected chi connectivity index (χ0v) is 18.5. The molecule has 2 amide bonds. The van der Waals surface area contributed by atoms with Crippen LogP contribution in [-0.4, -0.2) is 71.2 Å². The molecule has 0 aliphatic carbocycles. The van der Waals surface area contributed by atoms with Crippen LogP contribution in [0.5, 0.6) is 5.75 Å². The van der Waals surface area contributed by atoms with Gasteiger partial charge in [-0.05, 0) is 52.4 Å². The lowest BCUT2D eigenvalue weighted by molar-refractivity contribution is 0.0370. The van der Waals surface area contributed by atoms with E-state index in [1.807, 2.05) is 32.0 Å². The number of benzene rings is 1. The fraction of sp³-hybridized carbons (Fsp3) is 0.500. The molecule has 1 aromatic heterocycles. The van der Waals surface area contributed by atoms with E-state index in [1.165, 1.54) is 6.20 Å². The van der Waals surface area contributed by atoms with Gasteiger partial charge in [0.1, 0.15) is 12.4 Å². The minimum atomic E-state index is -0.384. The predicted molar refractivity (Wildman–Crippen MR) is 119 cm³/mol. The summed E-state index contributed by atoms with van der Waals surface area (Å²) in [6.07, 6.45) is 3.14. The van der Waals surface area contributed by atoms with Gasteiger partial charge >= 0.3 is 6.03 Å². The van der Waals surface area contributed by atoms with Gasteiger partial charge in [-0.2, -0.15) is 0 Å². The summed E-state index contributed by atoms with van der Waals surface area (Å²) in [4.78, 5) is 25.6. The Morgan fingerprint density at radius 2 is 2.00 bits per heavy atom. The lowest BCUT2D eigenvalue weighted by Crippen LogP contribution is -2.56. The summed E-state index contributed by atoms with van der Waals surface area (Å²) in [6, 6.07) is 6.17. The first-order chi connectivity index (χ1) is 14.3. The van der Waals surface area contributed by atoms with Gasteiger partial charge in [0.25, 0.3) is 0 Å². The van der Waals surface area contributed by atoms with Crippen molar-refractivity contribution in [1.29, 1.82) is 0 Å². The van der Waals surface area contributed by atoms with E-state index in [-0.39, 0.29) is 6.03 Å². The van der Waals surface area contributed by atoms with Crippen molar-refractivity contribution in [3.05, 3.63) is 41.9 Å². The van der Waals surface area contributed by atoms with Gasteiger partial charge in [0.2, 0.25) is 0 Å². The van der Waals surface area contributed by atoms with Crippen LogP contribution in [0.15, 0.2) is 30.6 Å². The van der Waals surface area contributed by atoms with E-state index in [4.69, 9.17) is 4.74 Å². The normalized spacial score (nSPS) is 17.7. The SMILES string of the molecule is Cc1ccc(OCC2CN(C)CCN2C(C)C)c(NC(=O)Nc2cnc(C)cn2)c1. The molecule has 3 rings (SSSR count). The summed E-state index contributed by atoms with van der Waals surface area (Å²) in [5.74, 6) is 1.05. The molecule has 0 bridgehead atoms. The zero-order chi connectivity index (χ0) is 21.7. The van der Waals surface area contributed by atoms with Crippen LogP contribution >= 0.6 is 0 Å². The number of piperazine rings is 1. The third-order valence-electron chi connectivity index (χ3n) is 5.23. The van der Waals surface area contributed by atoms with Crippen LogP contribution in [-0.2, 0) is 0 Å². The Bertz CT molecular complexity index is 855. The number of aryl methyl sites for hydroxylation is 2. The number of rotatable bonds is 6. The highest BCUT2D eigenvalue weighted by Gasteiger charge is 2.27. The Labute approximate surface area is 178 Å². The van der Waals surface area contributed by atoms with Gasteiger partial charge in [-0.3, -0.25) is 15.2 Å². The molecule has 0 saturated carbocycles. The first-order valence-electron chi connectivity index (χ1n) is 10.4. The van der Waals surface area contributed by atoms with Crippen LogP contribution in [0.2, 0.25) is 0 Å². The third kappa shape index (κ3) is 5.90. The van der Waals surface area contributed by atoms with Crippen molar-refractivity contribution < 1.29 is 9.53 Å². The number of anilines is 2. The number of amides is 2.